The average molecular weight is 1920 g/mol. The fraction of sp³-hybridized carbons (Fsp3) is 0.667. The highest BCUT2D eigenvalue weighted by molar-refractivity contribution is 5.45. The number of aromatic amines is 3. The summed E-state index contributed by atoms with van der Waals surface area (Å²) >= 11 is 0. The number of benzene rings is 6. The van der Waals surface area contributed by atoms with Crippen molar-refractivity contribution in [2.45, 2.75) is 564 Å². The third-order valence-electron chi connectivity index (χ3n) is 33.8. The monoisotopic (exact) mass is 1920 g/mol. The van der Waals surface area contributed by atoms with Crippen molar-refractivity contribution in [1.29, 1.82) is 0 Å². The molecule has 9 aromatic rings. The largest absolute Gasteiger partial charge is 0.258 e. The smallest absolute Gasteiger partial charge is 0.247 e. The number of nitrogens with zero attached hydrogens (tertiary/aromatic N) is 3. The van der Waals surface area contributed by atoms with Crippen molar-refractivity contribution in [1.82, 2.24) is 15.0 Å². The molecule has 0 fully saturated rings. The lowest BCUT2D eigenvalue weighted by Crippen LogP contribution is -2.60. The van der Waals surface area contributed by atoms with Crippen LogP contribution in [-0.4, -0.2) is 15.0 Å². The minimum absolute atomic E-state index is 0.0150. The topological polar surface area (TPSA) is 59.0 Å². The van der Waals surface area contributed by atoms with Gasteiger partial charge in [0.05, 0.1) is 37.4 Å². The summed E-state index contributed by atoms with van der Waals surface area (Å²) in [5, 5.41) is 0. The van der Waals surface area contributed by atoms with E-state index in [2.05, 4.69) is 296 Å². The highest BCUT2D eigenvalue weighted by atomic mass is 15.1. The van der Waals surface area contributed by atoms with Gasteiger partial charge in [-0.2, -0.15) is 0 Å². The lowest BCUT2D eigenvalue weighted by Gasteiger charge is -2.57. The van der Waals surface area contributed by atoms with Crippen LogP contribution in [0.5, 0.6) is 0 Å². The van der Waals surface area contributed by atoms with Crippen molar-refractivity contribution < 1.29 is 13.7 Å². The molecule has 6 nitrogen and oxygen atoms in total. The molecule has 0 aliphatic carbocycles. The summed E-state index contributed by atoms with van der Waals surface area (Å²) in [7, 11) is 0. The summed E-state index contributed by atoms with van der Waals surface area (Å²) in [5.74, 6) is 4.39. The quantitative estimate of drug-likeness (QED) is 0.0251. The average Bonchev–Trinajstić information content (AvgIpc) is 1.60. The van der Waals surface area contributed by atoms with E-state index in [4.69, 9.17) is 0 Å². The molecule has 0 saturated carbocycles. The van der Waals surface area contributed by atoms with E-state index in [1.54, 1.807) is 0 Å². The molecule has 0 radical (unpaired) electrons. The molecule has 3 aromatic heterocycles. The van der Waals surface area contributed by atoms with Gasteiger partial charge in [-0.05, 0) is 122 Å². The lowest BCUT2D eigenvalue weighted by atomic mass is 9.44. The predicted octanol–water partition coefficient (Wildman–Crippen LogP) is 40.0. The van der Waals surface area contributed by atoms with Gasteiger partial charge in [0.1, 0.15) is 37.2 Å². The molecular weight excluding hydrogens is 1710 g/mol. The van der Waals surface area contributed by atoms with Gasteiger partial charge in [-0.3, -0.25) is 0 Å². The van der Waals surface area contributed by atoms with E-state index in [9.17, 15) is 0 Å². The van der Waals surface area contributed by atoms with Gasteiger partial charge < -0.3 is 0 Å². The number of hydrogen-bond acceptors (Lipinski definition) is 0. The second-order valence-electron chi connectivity index (χ2n) is 45.0. The minimum atomic E-state index is -0.619. The first-order valence-corrected chi connectivity index (χ1v) is 61.3. The van der Waals surface area contributed by atoms with Crippen molar-refractivity contribution in [2.75, 3.05) is 0 Å². The van der Waals surface area contributed by atoms with E-state index in [1.807, 2.05) is 0 Å². The maximum atomic E-state index is 4.62. The summed E-state index contributed by atoms with van der Waals surface area (Å²) in [4.78, 5) is 13.6. The molecule has 8 atom stereocenters. The minimum Gasteiger partial charge on any atom is -0.247 e. The maximum Gasteiger partial charge on any atom is 0.258 e. The standard InChI is InChI=1S/C135H212N6/c1-8-14-20-26-32-35-38-41-44-46-49-50-53-56-59-62-86-104-125(133(7,122-98-80-71-81-99-122)116-119-92-74-68-75-93-119)128(131-137-108-114-140(131)111-90-66-30-24-18-12-5)134(123-100-82-72-83-101-123,117-120-94-76-69-77-95-120)126(105-87-63-60-57-54-51-48-45-42-39-36-33-27-21-15-9-2)129(132-138-109-115-141(132)112-91-67-31-25-19-13-6)135(124-102-84-73-85-103-124,118-121-96-78-70-79-97-121)127(130-136-107-113-139(130)110-89-65-29-23-17-11-4)106-88-64-61-58-55-52-47-43-40-37-34-28-22-16-10-3/h68-85,92-103,107-109,113-115,125-129H,8-67,86-91,104-106,110-112,116-118H2,1-7H3/p+3. The van der Waals surface area contributed by atoms with Gasteiger partial charge in [0.2, 0.25) is 0 Å². The first-order valence-electron chi connectivity index (χ1n) is 61.3. The number of unbranched alkanes of at least 4 members (excludes halogenated alkanes) is 60. The molecular formula is C135H215N6+3. The van der Waals surface area contributed by atoms with E-state index in [0.29, 0.717) is 0 Å². The summed E-state index contributed by atoms with van der Waals surface area (Å²) < 4.78 is 8.61. The van der Waals surface area contributed by atoms with E-state index in [1.165, 1.54) is 455 Å². The van der Waals surface area contributed by atoms with Crippen molar-refractivity contribution >= 4 is 0 Å². The van der Waals surface area contributed by atoms with Gasteiger partial charge in [-0.15, -0.1) is 0 Å². The van der Waals surface area contributed by atoms with Crippen LogP contribution in [0.15, 0.2) is 219 Å². The number of rotatable bonds is 91. The molecule has 141 heavy (non-hydrogen) atoms. The van der Waals surface area contributed by atoms with Crippen molar-refractivity contribution in [3.63, 3.8) is 0 Å². The van der Waals surface area contributed by atoms with Crippen LogP contribution in [0.1, 0.15) is 560 Å². The van der Waals surface area contributed by atoms with E-state index >= 15 is 0 Å². The fourth-order valence-corrected chi connectivity index (χ4v) is 25.8. The first kappa shape index (κ1) is 118. The number of nitrogens with one attached hydrogen (secondary N) is 3. The third-order valence-corrected chi connectivity index (χ3v) is 33.8. The molecule has 0 aliphatic heterocycles. The van der Waals surface area contributed by atoms with Gasteiger partial charge in [0.15, 0.2) is 0 Å². The van der Waals surface area contributed by atoms with Crippen LogP contribution >= 0.6 is 0 Å². The van der Waals surface area contributed by atoms with Crippen LogP contribution in [0.4, 0.5) is 0 Å². The zero-order chi connectivity index (χ0) is 98.9. The SMILES string of the molecule is CCCCCCCCCCCCCCCCCCCC(C(c1[nH]cc[n+]1CCCCCCCC)C(Cc1ccccc1)(c1ccccc1)C(CCCCCCCCCCCCCCCCCC)C(c1[nH]cc[n+]1CCCCCCCC)C(Cc1ccccc1)(c1ccccc1)C(CCCCCCCCCCCCCCCCC)c1[nH]cc[n+]1CCCCCCCC)C(C)(Cc1ccccc1)c1ccccc1. The Balaban J connectivity index is 1.36. The van der Waals surface area contributed by atoms with Gasteiger partial charge >= 0.3 is 0 Å². The van der Waals surface area contributed by atoms with Crippen molar-refractivity contribution in [3.05, 3.63) is 270 Å². The van der Waals surface area contributed by atoms with Crippen molar-refractivity contribution in [2.24, 2.45) is 11.8 Å². The van der Waals surface area contributed by atoms with Crippen LogP contribution in [0.25, 0.3) is 0 Å². The number of aryl methyl sites for hydroxylation is 3. The summed E-state index contributed by atoms with van der Waals surface area (Å²) in [6.45, 7) is 20.0. The van der Waals surface area contributed by atoms with Crippen LogP contribution in [0, 0.1) is 11.8 Å². The number of hydrogen-bond donors (Lipinski definition) is 3. The van der Waals surface area contributed by atoms with Crippen LogP contribution in [-0.2, 0) is 55.1 Å². The Bertz CT molecular complexity index is 4330. The number of H-pyrrole nitrogens is 3. The third kappa shape index (κ3) is 42.4. The molecule has 6 heteroatoms. The van der Waals surface area contributed by atoms with Crippen LogP contribution < -0.4 is 13.7 Å². The maximum absolute atomic E-state index is 4.62. The molecule has 6 aromatic carbocycles. The number of imidazole rings is 3. The summed E-state index contributed by atoms with van der Waals surface area (Å²) in [6.07, 6.45) is 109. The molecule has 9 rings (SSSR count). The highest BCUT2D eigenvalue weighted by Gasteiger charge is 2.65. The second kappa shape index (κ2) is 74.8. The molecule has 0 bridgehead atoms. The van der Waals surface area contributed by atoms with Crippen molar-refractivity contribution in [3.8, 4) is 0 Å². The normalized spacial score (nSPS) is 14.2. The molecule has 3 N–H and O–H groups in total. The molecule has 782 valence electrons. The predicted molar refractivity (Wildman–Crippen MR) is 611 cm³/mol. The van der Waals surface area contributed by atoms with Gasteiger partial charge in [0, 0.05) is 16.2 Å². The lowest BCUT2D eigenvalue weighted by molar-refractivity contribution is -0.708. The summed E-state index contributed by atoms with van der Waals surface area (Å²) in [5.41, 5.74) is 7.25. The molecule has 0 amide bonds. The number of aromatic nitrogens is 6. The van der Waals surface area contributed by atoms with Crippen LogP contribution in [0.2, 0.25) is 0 Å². The van der Waals surface area contributed by atoms with Crippen LogP contribution in [0.3, 0.4) is 0 Å². The molecule has 8 unspecified atom stereocenters. The fourth-order valence-electron chi connectivity index (χ4n) is 25.8. The highest BCUT2D eigenvalue weighted by Crippen LogP contribution is 2.65. The second-order valence-corrected chi connectivity index (χ2v) is 45.0. The zero-order valence-electron chi connectivity index (χ0n) is 92.5. The van der Waals surface area contributed by atoms with E-state index in [-0.39, 0.29) is 35.0 Å². The Hall–Kier alpha value is -7.05. The molecule has 0 aliphatic rings. The Morgan fingerprint density at radius 1 is 0.206 bits per heavy atom. The van der Waals surface area contributed by atoms with Gasteiger partial charge in [-0.25, -0.2) is 28.7 Å². The Labute approximate surface area is 869 Å². The first-order chi connectivity index (χ1) is 69.8. The summed E-state index contributed by atoms with van der Waals surface area (Å²) in [6, 6.07) is 74.7. The van der Waals surface area contributed by atoms with Gasteiger partial charge in [-0.1, -0.05) is 616 Å². The molecule has 0 saturated heterocycles. The van der Waals surface area contributed by atoms with Gasteiger partial charge in [0.25, 0.3) is 17.5 Å². The molecule has 0 spiro atoms. The molecule has 3 heterocycles. The van der Waals surface area contributed by atoms with E-state index in [0.717, 1.165) is 77.4 Å². The van der Waals surface area contributed by atoms with E-state index < -0.39 is 10.8 Å². The Morgan fingerprint density at radius 3 is 0.716 bits per heavy atom. The Kier molecular flexibility index (Phi) is 62.3. The Morgan fingerprint density at radius 2 is 0.418 bits per heavy atom. The zero-order valence-corrected chi connectivity index (χ0v) is 92.5.